The molecule has 0 spiro atoms. The molecule has 6 nitrogen and oxygen atoms in total. The predicted octanol–water partition coefficient (Wildman–Crippen LogP) is 0.426. The minimum absolute atomic E-state index is 0.145. The predicted molar refractivity (Wildman–Crippen MR) is 70.3 cm³/mol. The summed E-state index contributed by atoms with van der Waals surface area (Å²) in [5.41, 5.74) is 6.55. The van der Waals surface area contributed by atoms with Crippen LogP contribution in [0.1, 0.15) is 18.4 Å². The van der Waals surface area contributed by atoms with Crippen LogP contribution in [0.4, 0.5) is 11.6 Å². The fourth-order valence-electron chi connectivity index (χ4n) is 2.18. The van der Waals surface area contributed by atoms with Crippen molar-refractivity contribution in [3.8, 4) is 0 Å². The minimum Gasteiger partial charge on any atom is -0.383 e. The Labute approximate surface area is 107 Å². The van der Waals surface area contributed by atoms with E-state index in [0.717, 1.165) is 37.3 Å². The van der Waals surface area contributed by atoms with E-state index in [1.807, 2.05) is 23.8 Å². The van der Waals surface area contributed by atoms with Gasteiger partial charge in [-0.05, 0) is 19.8 Å². The van der Waals surface area contributed by atoms with E-state index < -0.39 is 0 Å². The molecule has 1 aliphatic heterocycles. The first-order valence-electron chi connectivity index (χ1n) is 6.15. The zero-order valence-corrected chi connectivity index (χ0v) is 10.9. The lowest BCUT2D eigenvalue weighted by atomic mass is 10.3. The van der Waals surface area contributed by atoms with Crippen molar-refractivity contribution in [2.45, 2.75) is 19.8 Å². The minimum atomic E-state index is 0.145. The van der Waals surface area contributed by atoms with Crippen molar-refractivity contribution >= 4 is 17.5 Å². The molecule has 2 rings (SSSR count). The molecule has 18 heavy (non-hydrogen) atoms. The van der Waals surface area contributed by atoms with Crippen LogP contribution in [0.3, 0.4) is 0 Å². The molecule has 2 heterocycles. The fraction of sp³-hybridized carbons (Fsp3) is 0.583. The molecule has 98 valence electrons. The number of nitrogen functional groups attached to an aromatic ring is 1. The van der Waals surface area contributed by atoms with Crippen LogP contribution in [0.15, 0.2) is 6.33 Å². The molecule has 0 aromatic carbocycles. The summed E-state index contributed by atoms with van der Waals surface area (Å²) in [6.07, 6.45) is 3.64. The van der Waals surface area contributed by atoms with Crippen LogP contribution in [-0.2, 0) is 4.79 Å². The molecule has 1 fully saturated rings. The van der Waals surface area contributed by atoms with Crippen molar-refractivity contribution in [1.82, 2.24) is 14.9 Å². The Bertz CT molecular complexity index is 442. The Kier molecular flexibility index (Phi) is 3.64. The van der Waals surface area contributed by atoms with Gasteiger partial charge in [-0.1, -0.05) is 0 Å². The van der Waals surface area contributed by atoms with E-state index in [9.17, 15) is 4.79 Å². The number of likely N-dealkylation sites (N-methyl/N-ethyl adjacent to an activating group) is 1. The Balaban J connectivity index is 2.04. The summed E-state index contributed by atoms with van der Waals surface area (Å²) in [4.78, 5) is 23.9. The molecule has 0 saturated carbocycles. The van der Waals surface area contributed by atoms with Crippen LogP contribution in [-0.4, -0.2) is 47.5 Å². The number of nitrogens with two attached hydrogens (primary N) is 1. The highest BCUT2D eigenvalue weighted by Gasteiger charge is 2.20. The first-order chi connectivity index (χ1) is 8.59. The summed E-state index contributed by atoms with van der Waals surface area (Å²) in [5, 5.41) is 0. The molecule has 2 N–H and O–H groups in total. The molecule has 0 atom stereocenters. The van der Waals surface area contributed by atoms with Gasteiger partial charge in [0, 0.05) is 25.7 Å². The van der Waals surface area contributed by atoms with Crippen molar-refractivity contribution in [1.29, 1.82) is 0 Å². The molecular weight excluding hydrogens is 230 g/mol. The lowest BCUT2D eigenvalue weighted by Gasteiger charge is -2.23. The molecular formula is C12H19N5O. The molecule has 0 aliphatic carbocycles. The maximum absolute atomic E-state index is 12.0. The molecule has 1 amide bonds. The second kappa shape index (κ2) is 5.20. The number of rotatable bonds is 3. The van der Waals surface area contributed by atoms with E-state index in [-0.39, 0.29) is 5.91 Å². The van der Waals surface area contributed by atoms with Gasteiger partial charge in [0.1, 0.15) is 18.0 Å². The molecule has 0 unspecified atom stereocenters. The third kappa shape index (κ3) is 2.52. The standard InChI is InChI=1S/C12H19N5O/c1-9-11(13)14-8-15-12(9)16(2)7-10(18)17-5-3-4-6-17/h8H,3-7H2,1-2H3,(H2,13,14,15). The van der Waals surface area contributed by atoms with E-state index in [0.29, 0.717) is 12.4 Å². The molecule has 1 saturated heterocycles. The van der Waals surface area contributed by atoms with Crippen molar-refractivity contribution < 1.29 is 4.79 Å². The lowest BCUT2D eigenvalue weighted by Crippen LogP contribution is -2.37. The van der Waals surface area contributed by atoms with Gasteiger partial charge in [0.25, 0.3) is 0 Å². The van der Waals surface area contributed by atoms with Crippen molar-refractivity contribution in [2.24, 2.45) is 0 Å². The second-order valence-corrected chi connectivity index (χ2v) is 4.65. The summed E-state index contributed by atoms with van der Waals surface area (Å²) in [6.45, 7) is 3.94. The van der Waals surface area contributed by atoms with Crippen LogP contribution in [0, 0.1) is 6.92 Å². The molecule has 1 aliphatic rings. The maximum atomic E-state index is 12.0. The smallest absolute Gasteiger partial charge is 0.242 e. The van der Waals surface area contributed by atoms with E-state index in [2.05, 4.69) is 9.97 Å². The third-order valence-corrected chi connectivity index (χ3v) is 3.29. The summed E-state index contributed by atoms with van der Waals surface area (Å²) in [6, 6.07) is 0. The van der Waals surface area contributed by atoms with Gasteiger partial charge in [0.15, 0.2) is 0 Å². The molecule has 0 radical (unpaired) electrons. The number of carbonyl (C=O) groups excluding carboxylic acids is 1. The summed E-state index contributed by atoms with van der Waals surface area (Å²) >= 11 is 0. The largest absolute Gasteiger partial charge is 0.383 e. The number of carbonyl (C=O) groups is 1. The zero-order chi connectivity index (χ0) is 13.1. The highest BCUT2D eigenvalue weighted by molar-refractivity contribution is 5.81. The summed E-state index contributed by atoms with van der Waals surface area (Å²) in [7, 11) is 1.85. The third-order valence-electron chi connectivity index (χ3n) is 3.29. The van der Waals surface area contributed by atoms with Gasteiger partial charge in [0.05, 0.1) is 6.54 Å². The first kappa shape index (κ1) is 12.6. The quantitative estimate of drug-likeness (QED) is 0.840. The van der Waals surface area contributed by atoms with Gasteiger partial charge < -0.3 is 15.5 Å². The number of hydrogen-bond acceptors (Lipinski definition) is 5. The van der Waals surface area contributed by atoms with E-state index in [4.69, 9.17) is 5.73 Å². The van der Waals surface area contributed by atoms with Crippen LogP contribution in [0.2, 0.25) is 0 Å². The van der Waals surface area contributed by atoms with Gasteiger partial charge >= 0.3 is 0 Å². The van der Waals surface area contributed by atoms with Gasteiger partial charge in [-0.2, -0.15) is 0 Å². The van der Waals surface area contributed by atoms with Gasteiger partial charge in [-0.3, -0.25) is 4.79 Å². The highest BCUT2D eigenvalue weighted by atomic mass is 16.2. The SMILES string of the molecule is Cc1c(N)ncnc1N(C)CC(=O)N1CCCC1. The van der Waals surface area contributed by atoms with Crippen LogP contribution in [0.25, 0.3) is 0 Å². The van der Waals surface area contributed by atoms with Crippen LogP contribution in [0.5, 0.6) is 0 Å². The van der Waals surface area contributed by atoms with Gasteiger partial charge in [-0.15, -0.1) is 0 Å². The number of amides is 1. The Morgan fingerprint density at radius 2 is 2.11 bits per heavy atom. The number of aromatic nitrogens is 2. The monoisotopic (exact) mass is 249 g/mol. The fourth-order valence-corrected chi connectivity index (χ4v) is 2.18. The Hall–Kier alpha value is -1.85. The topological polar surface area (TPSA) is 75.3 Å². The van der Waals surface area contributed by atoms with Gasteiger partial charge in [0.2, 0.25) is 5.91 Å². The van der Waals surface area contributed by atoms with Crippen molar-refractivity contribution in [3.63, 3.8) is 0 Å². The van der Waals surface area contributed by atoms with Crippen molar-refractivity contribution in [3.05, 3.63) is 11.9 Å². The van der Waals surface area contributed by atoms with E-state index in [1.54, 1.807) is 0 Å². The number of hydrogen-bond donors (Lipinski definition) is 1. The van der Waals surface area contributed by atoms with E-state index >= 15 is 0 Å². The molecule has 1 aromatic rings. The average Bonchev–Trinajstić information content (AvgIpc) is 2.86. The molecule has 6 heteroatoms. The number of anilines is 2. The number of nitrogens with zero attached hydrogens (tertiary/aromatic N) is 4. The van der Waals surface area contributed by atoms with Crippen LogP contribution < -0.4 is 10.6 Å². The molecule has 1 aromatic heterocycles. The Morgan fingerprint density at radius 1 is 1.44 bits per heavy atom. The second-order valence-electron chi connectivity index (χ2n) is 4.65. The van der Waals surface area contributed by atoms with Gasteiger partial charge in [-0.25, -0.2) is 9.97 Å². The zero-order valence-electron chi connectivity index (χ0n) is 10.9. The Morgan fingerprint density at radius 3 is 2.78 bits per heavy atom. The maximum Gasteiger partial charge on any atom is 0.242 e. The number of likely N-dealkylation sites (tertiary alicyclic amines) is 1. The highest BCUT2D eigenvalue weighted by Crippen LogP contribution is 2.19. The normalized spacial score (nSPS) is 14.9. The van der Waals surface area contributed by atoms with Crippen LogP contribution >= 0.6 is 0 Å². The lowest BCUT2D eigenvalue weighted by molar-refractivity contribution is -0.128. The summed E-state index contributed by atoms with van der Waals surface area (Å²) in [5.74, 6) is 1.32. The van der Waals surface area contributed by atoms with Crippen molar-refractivity contribution in [2.75, 3.05) is 37.3 Å². The first-order valence-corrected chi connectivity index (χ1v) is 6.15. The summed E-state index contributed by atoms with van der Waals surface area (Å²) < 4.78 is 0. The molecule has 0 bridgehead atoms. The van der Waals surface area contributed by atoms with E-state index in [1.165, 1.54) is 6.33 Å². The average molecular weight is 249 g/mol.